The van der Waals surface area contributed by atoms with Gasteiger partial charge in [0.2, 0.25) is 0 Å². The summed E-state index contributed by atoms with van der Waals surface area (Å²) in [6, 6.07) is 5.53. The van der Waals surface area contributed by atoms with Crippen molar-refractivity contribution in [2.24, 2.45) is 0 Å². The second kappa shape index (κ2) is 6.55. The van der Waals surface area contributed by atoms with Gasteiger partial charge in [-0.15, -0.1) is 0 Å². The van der Waals surface area contributed by atoms with Crippen molar-refractivity contribution in [3.05, 3.63) is 40.8 Å². The second-order valence-corrected chi connectivity index (χ2v) is 6.26. The summed E-state index contributed by atoms with van der Waals surface area (Å²) >= 11 is 0. The number of carbonyl (C=O) groups is 1. The summed E-state index contributed by atoms with van der Waals surface area (Å²) in [5.74, 6) is 1.97. The molecule has 6 nitrogen and oxygen atoms in total. The molecule has 1 amide bonds. The molecule has 0 fully saturated rings. The molecule has 1 aromatic heterocycles. The molecule has 128 valence electrons. The van der Waals surface area contributed by atoms with E-state index in [4.69, 9.17) is 14.0 Å². The molecule has 0 bridgehead atoms. The van der Waals surface area contributed by atoms with Crippen molar-refractivity contribution in [3.63, 3.8) is 0 Å². The number of ether oxygens (including phenoxy) is 2. The van der Waals surface area contributed by atoms with E-state index in [1.54, 1.807) is 6.92 Å². The van der Waals surface area contributed by atoms with Gasteiger partial charge in [-0.1, -0.05) is 25.1 Å². The number of fused-ring (bicyclic) bond motifs is 1. The third-order valence-electron chi connectivity index (χ3n) is 4.05. The van der Waals surface area contributed by atoms with Crippen LogP contribution >= 0.6 is 0 Å². The minimum Gasteiger partial charge on any atom is -0.486 e. The highest BCUT2D eigenvalue weighted by Crippen LogP contribution is 2.32. The van der Waals surface area contributed by atoms with Gasteiger partial charge in [-0.2, -0.15) is 0 Å². The number of aryl methyl sites for hydroxylation is 1. The van der Waals surface area contributed by atoms with Gasteiger partial charge in [-0.3, -0.25) is 4.79 Å². The first-order valence-electron chi connectivity index (χ1n) is 8.14. The first kappa shape index (κ1) is 16.4. The molecule has 0 radical (unpaired) electrons. The number of aromatic nitrogens is 1. The number of benzene rings is 1. The smallest absolute Gasteiger partial charge is 0.257 e. The summed E-state index contributed by atoms with van der Waals surface area (Å²) in [5, 5.41) is 6.93. The van der Waals surface area contributed by atoms with E-state index in [1.807, 2.05) is 39.0 Å². The Morgan fingerprint density at radius 2 is 1.88 bits per heavy atom. The predicted molar refractivity (Wildman–Crippen MR) is 88.6 cm³/mol. The Balaban J connectivity index is 1.78. The van der Waals surface area contributed by atoms with Gasteiger partial charge in [0.05, 0.1) is 11.7 Å². The lowest BCUT2D eigenvalue weighted by atomic mass is 10.0. The minimum absolute atomic E-state index is 0.0940. The number of hydrogen-bond acceptors (Lipinski definition) is 5. The summed E-state index contributed by atoms with van der Waals surface area (Å²) in [4.78, 5) is 12.7. The van der Waals surface area contributed by atoms with E-state index < -0.39 is 0 Å². The van der Waals surface area contributed by atoms with Crippen molar-refractivity contribution in [1.29, 1.82) is 0 Å². The molecule has 2 aromatic rings. The van der Waals surface area contributed by atoms with Gasteiger partial charge in [0.15, 0.2) is 17.3 Å². The fraction of sp³-hybridized carbons (Fsp3) is 0.444. The Hall–Kier alpha value is -2.50. The molecule has 24 heavy (non-hydrogen) atoms. The predicted octanol–water partition coefficient (Wildman–Crippen LogP) is 3.37. The van der Waals surface area contributed by atoms with E-state index >= 15 is 0 Å². The molecular formula is C18H22N2O4. The van der Waals surface area contributed by atoms with Crippen LogP contribution in [0.4, 0.5) is 0 Å². The lowest BCUT2D eigenvalue weighted by Gasteiger charge is -2.21. The third kappa shape index (κ3) is 3.09. The lowest BCUT2D eigenvalue weighted by molar-refractivity contribution is 0.0936. The van der Waals surface area contributed by atoms with Crippen LogP contribution in [0.2, 0.25) is 0 Å². The van der Waals surface area contributed by atoms with E-state index in [1.165, 1.54) is 0 Å². The highest BCUT2D eigenvalue weighted by Gasteiger charge is 2.24. The molecule has 1 aliphatic rings. The van der Waals surface area contributed by atoms with Gasteiger partial charge in [0.25, 0.3) is 5.91 Å². The maximum atomic E-state index is 12.7. The first-order valence-corrected chi connectivity index (χ1v) is 8.14. The lowest BCUT2D eigenvalue weighted by Crippen LogP contribution is -2.28. The molecular weight excluding hydrogens is 308 g/mol. The van der Waals surface area contributed by atoms with Gasteiger partial charge < -0.3 is 19.3 Å². The van der Waals surface area contributed by atoms with Crippen LogP contribution in [0.3, 0.4) is 0 Å². The normalized spacial score (nSPS) is 14.5. The van der Waals surface area contributed by atoms with Crippen LogP contribution in [0, 0.1) is 6.92 Å². The van der Waals surface area contributed by atoms with Crippen molar-refractivity contribution < 1.29 is 18.8 Å². The maximum absolute atomic E-state index is 12.7. The van der Waals surface area contributed by atoms with Crippen LogP contribution in [-0.2, 0) is 0 Å². The summed E-state index contributed by atoms with van der Waals surface area (Å²) in [6.45, 7) is 8.75. The second-order valence-electron chi connectivity index (χ2n) is 6.26. The van der Waals surface area contributed by atoms with Crippen molar-refractivity contribution in [1.82, 2.24) is 10.5 Å². The molecule has 2 heterocycles. The number of hydrogen-bond donors (Lipinski definition) is 1. The Kier molecular flexibility index (Phi) is 4.46. The zero-order chi connectivity index (χ0) is 17.3. The van der Waals surface area contributed by atoms with Crippen LogP contribution < -0.4 is 14.8 Å². The molecule has 0 saturated heterocycles. The van der Waals surface area contributed by atoms with Crippen LogP contribution in [-0.4, -0.2) is 24.3 Å². The van der Waals surface area contributed by atoms with Crippen molar-refractivity contribution in [2.45, 2.75) is 39.7 Å². The van der Waals surface area contributed by atoms with E-state index in [2.05, 4.69) is 10.5 Å². The Labute approximate surface area is 141 Å². The SMILES string of the molecule is Cc1noc(C(C)C)c1C(=O)NC(C)c1ccc2c(c1)OCCO2. The highest BCUT2D eigenvalue weighted by molar-refractivity contribution is 5.96. The number of nitrogens with zero attached hydrogens (tertiary/aromatic N) is 1. The van der Waals surface area contributed by atoms with Crippen LogP contribution in [0.25, 0.3) is 0 Å². The van der Waals surface area contributed by atoms with E-state index in [9.17, 15) is 4.79 Å². The summed E-state index contributed by atoms with van der Waals surface area (Å²) in [6.07, 6.45) is 0. The molecule has 0 spiro atoms. The number of rotatable bonds is 4. The van der Waals surface area contributed by atoms with Gasteiger partial charge >= 0.3 is 0 Å². The zero-order valence-corrected chi connectivity index (χ0v) is 14.4. The fourth-order valence-corrected chi connectivity index (χ4v) is 2.74. The molecule has 6 heteroatoms. The van der Waals surface area contributed by atoms with E-state index in [-0.39, 0.29) is 17.9 Å². The topological polar surface area (TPSA) is 73.6 Å². The maximum Gasteiger partial charge on any atom is 0.257 e. The minimum atomic E-state index is -0.181. The molecule has 1 atom stereocenters. The van der Waals surface area contributed by atoms with Crippen molar-refractivity contribution in [3.8, 4) is 11.5 Å². The van der Waals surface area contributed by atoms with E-state index in [0.29, 0.717) is 36.0 Å². The quantitative estimate of drug-likeness (QED) is 0.930. The summed E-state index contributed by atoms with van der Waals surface area (Å²) in [7, 11) is 0. The molecule has 1 aromatic carbocycles. The average molecular weight is 330 g/mol. The van der Waals surface area contributed by atoms with Gasteiger partial charge in [-0.25, -0.2) is 0 Å². The molecule has 0 aliphatic carbocycles. The number of amides is 1. The van der Waals surface area contributed by atoms with Crippen molar-refractivity contribution >= 4 is 5.91 Å². The van der Waals surface area contributed by atoms with Gasteiger partial charge in [0.1, 0.15) is 18.8 Å². The summed E-state index contributed by atoms with van der Waals surface area (Å²) < 4.78 is 16.4. The number of carbonyl (C=O) groups excluding carboxylic acids is 1. The molecule has 1 N–H and O–H groups in total. The Bertz CT molecular complexity index is 751. The van der Waals surface area contributed by atoms with Crippen LogP contribution in [0.1, 0.15) is 60.1 Å². The van der Waals surface area contributed by atoms with E-state index in [0.717, 1.165) is 11.3 Å². The molecule has 3 rings (SSSR count). The largest absolute Gasteiger partial charge is 0.486 e. The third-order valence-corrected chi connectivity index (χ3v) is 4.05. The molecule has 1 aliphatic heterocycles. The first-order chi connectivity index (χ1) is 11.5. The highest BCUT2D eigenvalue weighted by atomic mass is 16.6. The zero-order valence-electron chi connectivity index (χ0n) is 14.4. The standard InChI is InChI=1S/C18H22N2O4/c1-10(2)17-16(12(4)20-24-17)18(21)19-11(3)13-5-6-14-15(9-13)23-8-7-22-14/h5-6,9-11H,7-8H2,1-4H3,(H,19,21). The Morgan fingerprint density at radius 1 is 1.17 bits per heavy atom. The fourth-order valence-electron chi connectivity index (χ4n) is 2.74. The molecule has 0 saturated carbocycles. The van der Waals surface area contributed by atoms with Crippen LogP contribution in [0.15, 0.2) is 22.7 Å². The number of nitrogens with one attached hydrogen (secondary N) is 1. The van der Waals surface area contributed by atoms with Crippen molar-refractivity contribution in [2.75, 3.05) is 13.2 Å². The Morgan fingerprint density at radius 3 is 2.58 bits per heavy atom. The monoisotopic (exact) mass is 330 g/mol. The average Bonchev–Trinajstić information content (AvgIpc) is 2.96. The molecule has 1 unspecified atom stereocenters. The van der Waals surface area contributed by atoms with Crippen LogP contribution in [0.5, 0.6) is 11.5 Å². The van der Waals surface area contributed by atoms with Gasteiger partial charge in [-0.05, 0) is 31.5 Å². The summed E-state index contributed by atoms with van der Waals surface area (Å²) in [5.41, 5.74) is 2.08. The van der Waals surface area contributed by atoms with Gasteiger partial charge in [0, 0.05) is 5.92 Å².